The van der Waals surface area contributed by atoms with Gasteiger partial charge in [0.1, 0.15) is 11.6 Å². The molecule has 33 heavy (non-hydrogen) atoms. The maximum atomic E-state index is 13.1. The van der Waals surface area contributed by atoms with Crippen molar-refractivity contribution in [1.29, 1.82) is 0 Å². The third kappa shape index (κ3) is 8.06. The number of benzene rings is 2. The number of carbonyl (C=O) groups excluding carboxylic acids is 1. The Balaban J connectivity index is 0.00000385. The summed E-state index contributed by atoms with van der Waals surface area (Å²) in [4.78, 5) is 20.9. The highest BCUT2D eigenvalue weighted by atomic mass is 127. The van der Waals surface area contributed by atoms with Crippen LogP contribution in [0.4, 0.5) is 10.1 Å². The molecule has 3 rings (SSSR count). The van der Waals surface area contributed by atoms with E-state index in [0.29, 0.717) is 45.2 Å². The van der Waals surface area contributed by atoms with Gasteiger partial charge in [0, 0.05) is 64.0 Å². The van der Waals surface area contributed by atoms with Crippen LogP contribution in [-0.4, -0.2) is 63.1 Å². The van der Waals surface area contributed by atoms with Crippen molar-refractivity contribution in [1.82, 2.24) is 15.5 Å². The molecule has 0 unspecified atom stereocenters. The normalized spacial score (nSPS) is 13.8. The van der Waals surface area contributed by atoms with Gasteiger partial charge in [0.05, 0.1) is 6.61 Å². The van der Waals surface area contributed by atoms with Gasteiger partial charge >= 0.3 is 0 Å². The Morgan fingerprint density at radius 3 is 2.42 bits per heavy atom. The first-order chi connectivity index (χ1) is 15.6. The van der Waals surface area contributed by atoms with Crippen LogP contribution in [0.3, 0.4) is 0 Å². The molecule has 2 aromatic carbocycles. The van der Waals surface area contributed by atoms with Gasteiger partial charge in [-0.15, -0.1) is 24.0 Å². The zero-order valence-corrected chi connectivity index (χ0v) is 21.6. The van der Waals surface area contributed by atoms with E-state index in [9.17, 15) is 9.18 Å². The van der Waals surface area contributed by atoms with Crippen LogP contribution in [0.2, 0.25) is 0 Å². The Morgan fingerprint density at radius 2 is 1.76 bits per heavy atom. The highest BCUT2D eigenvalue weighted by Gasteiger charge is 2.21. The van der Waals surface area contributed by atoms with E-state index in [1.165, 1.54) is 12.1 Å². The molecule has 0 radical (unpaired) electrons. The highest BCUT2D eigenvalue weighted by Crippen LogP contribution is 2.18. The second-order valence-corrected chi connectivity index (χ2v) is 7.49. The van der Waals surface area contributed by atoms with Crippen molar-refractivity contribution in [2.24, 2.45) is 4.99 Å². The molecule has 0 saturated carbocycles. The number of guanidine groups is 1. The number of hydrogen-bond donors (Lipinski definition) is 2. The van der Waals surface area contributed by atoms with Crippen molar-refractivity contribution < 1.29 is 13.9 Å². The van der Waals surface area contributed by atoms with Crippen molar-refractivity contribution in [3.8, 4) is 5.75 Å². The summed E-state index contributed by atoms with van der Waals surface area (Å²) in [6.07, 6.45) is 0.396. The van der Waals surface area contributed by atoms with E-state index >= 15 is 0 Å². The Hall–Kier alpha value is -2.56. The molecular weight excluding hydrogens is 536 g/mol. The number of ether oxygens (including phenoxy) is 1. The molecule has 0 atom stereocenters. The van der Waals surface area contributed by atoms with Gasteiger partial charge in [-0.1, -0.05) is 18.2 Å². The number of hydrogen-bond acceptors (Lipinski definition) is 4. The van der Waals surface area contributed by atoms with Crippen LogP contribution in [0.1, 0.15) is 18.9 Å². The smallest absolute Gasteiger partial charge is 0.224 e. The van der Waals surface area contributed by atoms with Gasteiger partial charge in [0.2, 0.25) is 5.91 Å². The topological polar surface area (TPSA) is 69.2 Å². The number of carbonyl (C=O) groups is 1. The third-order valence-electron chi connectivity index (χ3n) is 5.40. The maximum absolute atomic E-state index is 13.1. The number of nitrogens with zero attached hydrogens (tertiary/aromatic N) is 3. The number of nitrogens with one attached hydrogen (secondary N) is 2. The number of piperazine rings is 1. The predicted octanol–water partition coefficient (Wildman–Crippen LogP) is 3.25. The second-order valence-electron chi connectivity index (χ2n) is 7.49. The minimum atomic E-state index is -0.238. The largest absolute Gasteiger partial charge is 0.494 e. The van der Waals surface area contributed by atoms with E-state index in [-0.39, 0.29) is 35.7 Å². The van der Waals surface area contributed by atoms with Crippen LogP contribution in [0.15, 0.2) is 53.5 Å². The average molecular weight is 569 g/mol. The maximum Gasteiger partial charge on any atom is 0.224 e. The monoisotopic (exact) mass is 569 g/mol. The molecule has 1 saturated heterocycles. The standard InChI is InChI=1S/C24H32FN5O2.HI/c1-3-32-22-7-5-4-6-19(22)18-28-24(26-2)27-13-12-23(31)30-16-14-29(15-17-30)21-10-8-20(25)9-11-21;/h4-11H,3,12-18H2,1-2H3,(H2,26,27,28);1H. The van der Waals surface area contributed by atoms with E-state index in [4.69, 9.17) is 4.74 Å². The quantitative estimate of drug-likeness (QED) is 0.291. The predicted molar refractivity (Wildman–Crippen MR) is 141 cm³/mol. The van der Waals surface area contributed by atoms with E-state index in [1.54, 1.807) is 19.2 Å². The van der Waals surface area contributed by atoms with Gasteiger partial charge in [0.15, 0.2) is 5.96 Å². The minimum Gasteiger partial charge on any atom is -0.494 e. The number of halogens is 2. The van der Waals surface area contributed by atoms with Crippen LogP contribution in [0, 0.1) is 5.82 Å². The molecular formula is C24H33FIN5O2. The summed E-state index contributed by atoms with van der Waals surface area (Å²) in [6, 6.07) is 14.4. The second kappa shape index (κ2) is 13.9. The number of rotatable bonds is 8. The van der Waals surface area contributed by atoms with Gasteiger partial charge in [-0.05, 0) is 37.3 Å². The molecule has 0 aromatic heterocycles. The summed E-state index contributed by atoms with van der Waals surface area (Å²) in [5.41, 5.74) is 2.04. The van der Waals surface area contributed by atoms with Gasteiger partial charge in [0.25, 0.3) is 0 Å². The molecule has 1 aliphatic heterocycles. The summed E-state index contributed by atoms with van der Waals surface area (Å²) >= 11 is 0. The number of amides is 1. The fraction of sp³-hybridized carbons (Fsp3) is 0.417. The number of para-hydroxylation sites is 1. The van der Waals surface area contributed by atoms with E-state index in [1.807, 2.05) is 36.1 Å². The Labute approximate surface area is 212 Å². The summed E-state index contributed by atoms with van der Waals surface area (Å²) in [5, 5.41) is 6.47. The first kappa shape index (κ1) is 26.7. The Bertz CT molecular complexity index is 902. The average Bonchev–Trinajstić information content (AvgIpc) is 2.83. The lowest BCUT2D eigenvalue weighted by Gasteiger charge is -2.36. The lowest BCUT2D eigenvalue weighted by Crippen LogP contribution is -2.49. The minimum absolute atomic E-state index is 0. The summed E-state index contributed by atoms with van der Waals surface area (Å²) in [5.74, 6) is 1.38. The molecule has 1 aliphatic rings. The molecule has 1 fully saturated rings. The number of aliphatic imine (C=N–C) groups is 1. The van der Waals surface area contributed by atoms with Crippen molar-refractivity contribution in [3.63, 3.8) is 0 Å². The molecule has 0 spiro atoms. The molecule has 2 N–H and O–H groups in total. The van der Waals surface area contributed by atoms with Gasteiger partial charge in [-0.3, -0.25) is 9.79 Å². The van der Waals surface area contributed by atoms with Crippen LogP contribution < -0.4 is 20.3 Å². The fourth-order valence-corrected chi connectivity index (χ4v) is 3.66. The zero-order chi connectivity index (χ0) is 22.8. The van der Waals surface area contributed by atoms with Gasteiger partial charge in [-0.25, -0.2) is 4.39 Å². The molecule has 2 aromatic rings. The van der Waals surface area contributed by atoms with Crippen LogP contribution in [0.5, 0.6) is 5.75 Å². The van der Waals surface area contributed by atoms with Crippen molar-refractivity contribution >= 4 is 41.5 Å². The summed E-state index contributed by atoms with van der Waals surface area (Å²) < 4.78 is 18.8. The Kier molecular flexibility index (Phi) is 11.2. The third-order valence-corrected chi connectivity index (χ3v) is 5.40. The van der Waals surface area contributed by atoms with Crippen molar-refractivity contribution in [2.75, 3.05) is 51.3 Å². The molecule has 1 amide bonds. The van der Waals surface area contributed by atoms with Gasteiger partial charge < -0.3 is 25.2 Å². The first-order valence-electron chi connectivity index (χ1n) is 11.0. The fourth-order valence-electron chi connectivity index (χ4n) is 3.66. The summed E-state index contributed by atoms with van der Waals surface area (Å²) in [6.45, 7) is 6.48. The molecule has 0 aliphatic carbocycles. The lowest BCUT2D eigenvalue weighted by atomic mass is 10.2. The molecule has 9 heteroatoms. The molecule has 1 heterocycles. The highest BCUT2D eigenvalue weighted by molar-refractivity contribution is 14.0. The number of anilines is 1. The van der Waals surface area contributed by atoms with Crippen LogP contribution in [0.25, 0.3) is 0 Å². The first-order valence-corrected chi connectivity index (χ1v) is 11.0. The molecule has 180 valence electrons. The Morgan fingerprint density at radius 1 is 1.06 bits per heavy atom. The SMILES string of the molecule is CCOc1ccccc1CNC(=NC)NCCC(=O)N1CCN(c2ccc(F)cc2)CC1.I. The van der Waals surface area contributed by atoms with Gasteiger partial charge in [-0.2, -0.15) is 0 Å². The van der Waals surface area contributed by atoms with E-state index < -0.39 is 0 Å². The van der Waals surface area contributed by atoms with Crippen molar-refractivity contribution in [2.45, 2.75) is 19.9 Å². The van der Waals surface area contributed by atoms with E-state index in [0.717, 1.165) is 30.1 Å². The van der Waals surface area contributed by atoms with Crippen LogP contribution >= 0.6 is 24.0 Å². The van der Waals surface area contributed by atoms with Crippen molar-refractivity contribution in [3.05, 3.63) is 59.9 Å². The molecule has 7 nitrogen and oxygen atoms in total. The van der Waals surface area contributed by atoms with E-state index in [2.05, 4.69) is 20.5 Å². The lowest BCUT2D eigenvalue weighted by molar-refractivity contribution is -0.131. The summed E-state index contributed by atoms with van der Waals surface area (Å²) in [7, 11) is 1.71. The van der Waals surface area contributed by atoms with Crippen LogP contribution in [-0.2, 0) is 11.3 Å². The zero-order valence-electron chi connectivity index (χ0n) is 19.2. The molecule has 0 bridgehead atoms.